The first-order valence-corrected chi connectivity index (χ1v) is 6.19. The zero-order chi connectivity index (χ0) is 12.7. The lowest BCUT2D eigenvalue weighted by Crippen LogP contribution is -2.30. The molecule has 0 aliphatic rings. The highest BCUT2D eigenvalue weighted by Gasteiger charge is 2.19. The van der Waals surface area contributed by atoms with Gasteiger partial charge < -0.3 is 14.8 Å². The van der Waals surface area contributed by atoms with Crippen LogP contribution in [0.2, 0.25) is 0 Å². The van der Waals surface area contributed by atoms with Gasteiger partial charge in [0.25, 0.3) is 0 Å². The SMILES string of the molecule is CCOc1ccc(C(NC)C(CC)OC)cc1. The van der Waals surface area contributed by atoms with Gasteiger partial charge in [0.2, 0.25) is 0 Å². The molecule has 3 nitrogen and oxygen atoms in total. The molecule has 1 aromatic rings. The highest BCUT2D eigenvalue weighted by molar-refractivity contribution is 5.29. The van der Waals surface area contributed by atoms with E-state index in [9.17, 15) is 0 Å². The Kier molecular flexibility index (Phi) is 6.01. The van der Waals surface area contributed by atoms with Crippen LogP contribution in [-0.2, 0) is 4.74 Å². The molecular formula is C14H23NO2. The summed E-state index contributed by atoms with van der Waals surface area (Å²) in [5, 5.41) is 3.31. The van der Waals surface area contributed by atoms with Crippen LogP contribution in [0.15, 0.2) is 24.3 Å². The average molecular weight is 237 g/mol. The van der Waals surface area contributed by atoms with Gasteiger partial charge in [-0.05, 0) is 38.1 Å². The number of nitrogens with one attached hydrogen (secondary N) is 1. The van der Waals surface area contributed by atoms with Crippen LogP contribution in [0.5, 0.6) is 5.75 Å². The lowest BCUT2D eigenvalue weighted by Gasteiger charge is -2.25. The maximum Gasteiger partial charge on any atom is 0.119 e. The van der Waals surface area contributed by atoms with Gasteiger partial charge in [-0.15, -0.1) is 0 Å². The normalized spacial score (nSPS) is 14.4. The third kappa shape index (κ3) is 3.72. The maximum absolute atomic E-state index is 5.49. The first kappa shape index (κ1) is 14.0. The molecule has 0 saturated carbocycles. The second kappa shape index (κ2) is 7.30. The largest absolute Gasteiger partial charge is 0.494 e. The second-order valence-corrected chi connectivity index (χ2v) is 3.95. The summed E-state index contributed by atoms with van der Waals surface area (Å²) in [5.41, 5.74) is 1.23. The van der Waals surface area contributed by atoms with E-state index in [-0.39, 0.29) is 12.1 Å². The molecule has 1 aromatic carbocycles. The second-order valence-electron chi connectivity index (χ2n) is 3.95. The molecule has 1 N–H and O–H groups in total. The molecule has 0 fully saturated rings. The number of methoxy groups -OCH3 is 1. The van der Waals surface area contributed by atoms with Crippen molar-refractivity contribution in [3.63, 3.8) is 0 Å². The van der Waals surface area contributed by atoms with E-state index in [1.807, 2.05) is 26.1 Å². The topological polar surface area (TPSA) is 30.5 Å². The molecule has 0 aliphatic heterocycles. The standard InChI is InChI=1S/C14H23NO2/c1-5-13(16-4)14(15-3)11-7-9-12(10-8-11)17-6-2/h7-10,13-15H,5-6H2,1-4H3. The number of hydrogen-bond acceptors (Lipinski definition) is 3. The van der Waals surface area contributed by atoms with Crippen molar-refractivity contribution in [2.45, 2.75) is 32.4 Å². The van der Waals surface area contributed by atoms with Crippen molar-refractivity contribution in [1.29, 1.82) is 0 Å². The summed E-state index contributed by atoms with van der Waals surface area (Å²) >= 11 is 0. The van der Waals surface area contributed by atoms with Gasteiger partial charge in [-0.3, -0.25) is 0 Å². The highest BCUT2D eigenvalue weighted by Crippen LogP contribution is 2.23. The van der Waals surface area contributed by atoms with E-state index >= 15 is 0 Å². The fourth-order valence-electron chi connectivity index (χ4n) is 2.04. The van der Waals surface area contributed by atoms with E-state index < -0.39 is 0 Å². The van der Waals surface area contributed by atoms with Crippen LogP contribution < -0.4 is 10.1 Å². The van der Waals surface area contributed by atoms with E-state index in [1.54, 1.807) is 7.11 Å². The van der Waals surface area contributed by atoms with Crippen LogP contribution in [0.25, 0.3) is 0 Å². The van der Waals surface area contributed by atoms with Gasteiger partial charge >= 0.3 is 0 Å². The molecule has 2 unspecified atom stereocenters. The molecule has 0 amide bonds. The number of ether oxygens (including phenoxy) is 2. The summed E-state index contributed by atoms with van der Waals surface area (Å²) in [6, 6.07) is 8.42. The van der Waals surface area contributed by atoms with Gasteiger partial charge in [-0.2, -0.15) is 0 Å². The van der Waals surface area contributed by atoms with Crippen molar-refractivity contribution in [2.75, 3.05) is 20.8 Å². The van der Waals surface area contributed by atoms with E-state index in [1.165, 1.54) is 5.56 Å². The van der Waals surface area contributed by atoms with Crippen LogP contribution in [-0.4, -0.2) is 26.9 Å². The predicted molar refractivity (Wildman–Crippen MR) is 70.5 cm³/mol. The molecule has 2 atom stereocenters. The Hall–Kier alpha value is -1.06. The Bertz CT molecular complexity index is 307. The predicted octanol–water partition coefficient (Wildman–Crippen LogP) is 2.77. The molecule has 0 saturated heterocycles. The van der Waals surface area contributed by atoms with E-state index in [0.29, 0.717) is 6.61 Å². The molecule has 17 heavy (non-hydrogen) atoms. The molecule has 0 heterocycles. The van der Waals surface area contributed by atoms with E-state index in [4.69, 9.17) is 9.47 Å². The zero-order valence-electron chi connectivity index (χ0n) is 11.2. The molecule has 0 aromatic heterocycles. The summed E-state index contributed by atoms with van der Waals surface area (Å²) in [5.74, 6) is 0.913. The maximum atomic E-state index is 5.49. The van der Waals surface area contributed by atoms with Gasteiger partial charge in [-0.1, -0.05) is 19.1 Å². The molecule has 1 rings (SSSR count). The van der Waals surface area contributed by atoms with Crippen LogP contribution in [0.4, 0.5) is 0 Å². The lowest BCUT2D eigenvalue weighted by atomic mass is 9.99. The molecule has 0 bridgehead atoms. The first-order chi connectivity index (χ1) is 8.26. The van der Waals surface area contributed by atoms with Gasteiger partial charge in [-0.25, -0.2) is 0 Å². The fourth-order valence-corrected chi connectivity index (χ4v) is 2.04. The van der Waals surface area contributed by atoms with E-state index in [2.05, 4.69) is 24.4 Å². The summed E-state index contributed by atoms with van der Waals surface area (Å²) in [7, 11) is 3.72. The molecule has 0 aliphatic carbocycles. The average Bonchev–Trinajstić information content (AvgIpc) is 2.37. The Morgan fingerprint density at radius 1 is 1.18 bits per heavy atom. The number of rotatable bonds is 7. The van der Waals surface area contributed by atoms with Gasteiger partial charge in [0.05, 0.1) is 18.8 Å². The summed E-state index contributed by atoms with van der Waals surface area (Å²) in [6.07, 6.45) is 1.17. The minimum absolute atomic E-state index is 0.193. The van der Waals surface area contributed by atoms with Gasteiger partial charge in [0.1, 0.15) is 5.75 Å². The van der Waals surface area contributed by atoms with Crippen molar-refractivity contribution in [1.82, 2.24) is 5.32 Å². The number of likely N-dealkylation sites (N-methyl/N-ethyl adjacent to an activating group) is 1. The zero-order valence-corrected chi connectivity index (χ0v) is 11.2. The van der Waals surface area contributed by atoms with Crippen LogP contribution in [0, 0.1) is 0 Å². The molecule has 3 heteroatoms. The highest BCUT2D eigenvalue weighted by atomic mass is 16.5. The minimum Gasteiger partial charge on any atom is -0.494 e. The van der Waals surface area contributed by atoms with Crippen molar-refractivity contribution >= 4 is 0 Å². The third-order valence-electron chi connectivity index (χ3n) is 2.94. The Morgan fingerprint density at radius 3 is 2.24 bits per heavy atom. The molecule has 0 radical (unpaired) electrons. The van der Waals surface area contributed by atoms with Crippen LogP contribution >= 0.6 is 0 Å². The van der Waals surface area contributed by atoms with Crippen molar-refractivity contribution in [3.8, 4) is 5.75 Å². The van der Waals surface area contributed by atoms with Crippen LogP contribution in [0.3, 0.4) is 0 Å². The monoisotopic (exact) mass is 237 g/mol. The number of benzene rings is 1. The molecule has 0 spiro atoms. The quantitative estimate of drug-likeness (QED) is 0.791. The van der Waals surface area contributed by atoms with Crippen molar-refractivity contribution < 1.29 is 9.47 Å². The van der Waals surface area contributed by atoms with Crippen molar-refractivity contribution in [2.24, 2.45) is 0 Å². The first-order valence-electron chi connectivity index (χ1n) is 6.19. The smallest absolute Gasteiger partial charge is 0.119 e. The summed E-state index contributed by atoms with van der Waals surface area (Å²) in [4.78, 5) is 0. The lowest BCUT2D eigenvalue weighted by molar-refractivity contribution is 0.0675. The van der Waals surface area contributed by atoms with Crippen molar-refractivity contribution in [3.05, 3.63) is 29.8 Å². The summed E-state index contributed by atoms with van der Waals surface area (Å²) < 4.78 is 10.9. The third-order valence-corrected chi connectivity index (χ3v) is 2.94. The number of hydrogen-bond donors (Lipinski definition) is 1. The van der Waals surface area contributed by atoms with Crippen LogP contribution in [0.1, 0.15) is 31.9 Å². The Labute approximate surface area is 104 Å². The van der Waals surface area contributed by atoms with E-state index in [0.717, 1.165) is 12.2 Å². The van der Waals surface area contributed by atoms with Gasteiger partial charge in [0, 0.05) is 7.11 Å². The Morgan fingerprint density at radius 2 is 1.82 bits per heavy atom. The summed E-state index contributed by atoms with van der Waals surface area (Å²) in [6.45, 7) is 4.82. The molecular weight excluding hydrogens is 214 g/mol. The molecule has 96 valence electrons. The van der Waals surface area contributed by atoms with Gasteiger partial charge in [0.15, 0.2) is 0 Å². The fraction of sp³-hybridized carbons (Fsp3) is 0.571. The Balaban J connectivity index is 2.81. The minimum atomic E-state index is 0.193.